The van der Waals surface area contributed by atoms with Crippen molar-refractivity contribution in [2.45, 2.75) is 12.8 Å². The molecule has 0 radical (unpaired) electrons. The Hall–Kier alpha value is -2.88. The minimum atomic E-state index is -0.109. The number of rotatable bonds is 4. The number of nitrogens with zero attached hydrogens (tertiary/aromatic N) is 4. The lowest BCUT2D eigenvalue weighted by Crippen LogP contribution is -2.39. The number of hydrogen-bond donors (Lipinski definition) is 1. The Kier molecular flexibility index (Phi) is 4.52. The normalized spacial score (nSPS) is 15.2. The van der Waals surface area contributed by atoms with E-state index in [-0.39, 0.29) is 5.91 Å². The van der Waals surface area contributed by atoms with Gasteiger partial charge in [-0.2, -0.15) is 5.26 Å². The van der Waals surface area contributed by atoms with Gasteiger partial charge in [-0.1, -0.05) is 0 Å². The lowest BCUT2D eigenvalue weighted by molar-refractivity contribution is 0.0944. The molecule has 7 heteroatoms. The van der Waals surface area contributed by atoms with Gasteiger partial charge in [0.25, 0.3) is 5.91 Å². The number of anilines is 1. The first-order chi connectivity index (χ1) is 11.3. The monoisotopic (exact) mass is 311 g/mol. The van der Waals surface area contributed by atoms with Gasteiger partial charge in [0.1, 0.15) is 12.3 Å². The van der Waals surface area contributed by atoms with Crippen LogP contribution in [0.3, 0.4) is 0 Å². The van der Waals surface area contributed by atoms with Crippen molar-refractivity contribution in [2.75, 3.05) is 24.5 Å². The molecule has 3 rings (SSSR count). The fourth-order valence-corrected chi connectivity index (χ4v) is 2.72. The van der Waals surface area contributed by atoms with E-state index in [4.69, 9.17) is 9.68 Å². The minimum absolute atomic E-state index is 0.109. The maximum Gasteiger partial charge on any atom is 0.254 e. The molecule has 0 aromatic carbocycles. The lowest BCUT2D eigenvalue weighted by atomic mass is 9.96. The largest absolute Gasteiger partial charge is 0.472 e. The van der Waals surface area contributed by atoms with Crippen LogP contribution in [-0.2, 0) is 0 Å². The van der Waals surface area contributed by atoms with Crippen molar-refractivity contribution in [3.05, 3.63) is 42.2 Å². The molecule has 1 saturated heterocycles. The number of nitriles is 1. The van der Waals surface area contributed by atoms with E-state index in [1.807, 2.05) is 0 Å². The predicted octanol–water partition coefficient (Wildman–Crippen LogP) is 1.59. The molecular weight excluding hydrogens is 294 g/mol. The standard InChI is InChI=1S/C16H17N5O2/c17-9-14-15(19-5-4-18-14)21-6-1-12(2-7-21)10-20-16(22)13-3-8-23-11-13/h3-5,8,11-12H,1-2,6-7,10H2,(H,20,22). The number of piperidine rings is 1. The van der Waals surface area contributed by atoms with Gasteiger partial charge in [-0.15, -0.1) is 0 Å². The first-order valence-electron chi connectivity index (χ1n) is 7.54. The summed E-state index contributed by atoms with van der Waals surface area (Å²) in [6.07, 6.45) is 7.93. The second-order valence-electron chi connectivity index (χ2n) is 5.49. The van der Waals surface area contributed by atoms with Gasteiger partial charge in [0.05, 0.1) is 11.8 Å². The molecule has 1 amide bonds. The van der Waals surface area contributed by atoms with Crippen LogP contribution in [0.5, 0.6) is 0 Å². The highest BCUT2D eigenvalue weighted by atomic mass is 16.3. The summed E-state index contributed by atoms with van der Waals surface area (Å²) in [6.45, 7) is 2.25. The van der Waals surface area contributed by atoms with Crippen molar-refractivity contribution in [1.82, 2.24) is 15.3 Å². The number of hydrogen-bond acceptors (Lipinski definition) is 6. The van der Waals surface area contributed by atoms with Crippen LogP contribution in [0.15, 0.2) is 35.4 Å². The smallest absolute Gasteiger partial charge is 0.254 e. The molecule has 1 N–H and O–H groups in total. The molecule has 7 nitrogen and oxygen atoms in total. The van der Waals surface area contributed by atoms with Gasteiger partial charge >= 0.3 is 0 Å². The second kappa shape index (κ2) is 6.92. The van der Waals surface area contributed by atoms with Crippen LogP contribution in [0.1, 0.15) is 28.9 Å². The van der Waals surface area contributed by atoms with E-state index in [1.54, 1.807) is 12.3 Å². The average molecular weight is 311 g/mol. The van der Waals surface area contributed by atoms with Gasteiger partial charge in [-0.25, -0.2) is 9.97 Å². The number of carbonyl (C=O) groups excluding carboxylic acids is 1. The van der Waals surface area contributed by atoms with Gasteiger partial charge in [0.2, 0.25) is 0 Å². The lowest BCUT2D eigenvalue weighted by Gasteiger charge is -2.32. The molecule has 1 aliphatic heterocycles. The molecule has 0 atom stereocenters. The SMILES string of the molecule is N#Cc1nccnc1N1CCC(CNC(=O)c2ccoc2)CC1. The van der Waals surface area contributed by atoms with Gasteiger partial charge in [-0.05, 0) is 24.8 Å². The third-order valence-corrected chi connectivity index (χ3v) is 4.03. The van der Waals surface area contributed by atoms with Crippen molar-refractivity contribution < 1.29 is 9.21 Å². The number of nitrogens with one attached hydrogen (secondary N) is 1. The van der Waals surface area contributed by atoms with E-state index in [2.05, 4.69) is 26.3 Å². The number of carbonyl (C=O) groups is 1. The molecule has 3 heterocycles. The van der Waals surface area contributed by atoms with Crippen LogP contribution < -0.4 is 10.2 Å². The van der Waals surface area contributed by atoms with Crippen molar-refractivity contribution in [1.29, 1.82) is 5.26 Å². The summed E-state index contributed by atoms with van der Waals surface area (Å²) < 4.78 is 4.91. The fraction of sp³-hybridized carbons (Fsp3) is 0.375. The molecular formula is C16H17N5O2. The van der Waals surface area contributed by atoms with Crippen LogP contribution in [0.4, 0.5) is 5.82 Å². The Balaban J connectivity index is 1.51. The third kappa shape index (κ3) is 3.48. The van der Waals surface area contributed by atoms with Crippen molar-refractivity contribution in [3.8, 4) is 6.07 Å². The van der Waals surface area contributed by atoms with E-state index < -0.39 is 0 Å². The van der Waals surface area contributed by atoms with Gasteiger partial charge in [0.15, 0.2) is 11.5 Å². The highest BCUT2D eigenvalue weighted by molar-refractivity contribution is 5.93. The van der Waals surface area contributed by atoms with Crippen molar-refractivity contribution in [3.63, 3.8) is 0 Å². The molecule has 0 aliphatic carbocycles. The molecule has 0 unspecified atom stereocenters. The molecule has 0 saturated carbocycles. The van der Waals surface area contributed by atoms with Crippen LogP contribution in [0, 0.1) is 17.2 Å². The maximum atomic E-state index is 11.9. The number of amides is 1. The number of furan rings is 1. The minimum Gasteiger partial charge on any atom is -0.472 e. The summed E-state index contributed by atoms with van der Waals surface area (Å²) in [5.41, 5.74) is 0.903. The third-order valence-electron chi connectivity index (χ3n) is 4.03. The predicted molar refractivity (Wildman–Crippen MR) is 82.7 cm³/mol. The fourth-order valence-electron chi connectivity index (χ4n) is 2.72. The quantitative estimate of drug-likeness (QED) is 0.921. The summed E-state index contributed by atoms with van der Waals surface area (Å²) in [7, 11) is 0. The highest BCUT2D eigenvalue weighted by Crippen LogP contribution is 2.22. The second-order valence-corrected chi connectivity index (χ2v) is 5.49. The Labute approximate surface area is 133 Å². The first kappa shape index (κ1) is 15.0. The zero-order valence-corrected chi connectivity index (χ0v) is 12.6. The van der Waals surface area contributed by atoms with E-state index >= 15 is 0 Å². The summed E-state index contributed by atoms with van der Waals surface area (Å²) in [6, 6.07) is 3.73. The Morgan fingerprint density at radius 2 is 2.17 bits per heavy atom. The molecule has 118 valence electrons. The highest BCUT2D eigenvalue weighted by Gasteiger charge is 2.23. The topological polar surface area (TPSA) is 95.0 Å². The summed E-state index contributed by atoms with van der Waals surface area (Å²) >= 11 is 0. The summed E-state index contributed by atoms with van der Waals surface area (Å²) in [4.78, 5) is 22.3. The van der Waals surface area contributed by atoms with E-state index in [9.17, 15) is 4.79 Å². The van der Waals surface area contributed by atoms with Crippen molar-refractivity contribution >= 4 is 11.7 Å². The van der Waals surface area contributed by atoms with Crippen LogP contribution in [-0.4, -0.2) is 35.5 Å². The molecule has 2 aromatic heterocycles. The summed E-state index contributed by atoms with van der Waals surface area (Å²) in [5.74, 6) is 0.960. The van der Waals surface area contributed by atoms with E-state index in [1.165, 1.54) is 18.7 Å². The zero-order valence-electron chi connectivity index (χ0n) is 12.6. The Morgan fingerprint density at radius 3 is 2.87 bits per heavy atom. The maximum absolute atomic E-state index is 11.9. The molecule has 2 aromatic rings. The number of aromatic nitrogens is 2. The van der Waals surface area contributed by atoms with Crippen LogP contribution in [0.2, 0.25) is 0 Å². The van der Waals surface area contributed by atoms with Crippen LogP contribution in [0.25, 0.3) is 0 Å². The van der Waals surface area contributed by atoms with E-state index in [0.29, 0.717) is 29.5 Å². The molecule has 23 heavy (non-hydrogen) atoms. The zero-order chi connectivity index (χ0) is 16.1. The molecule has 0 bridgehead atoms. The van der Waals surface area contributed by atoms with Gasteiger partial charge in [0, 0.05) is 32.0 Å². The Morgan fingerprint density at radius 1 is 1.39 bits per heavy atom. The Bertz CT molecular complexity index is 700. The van der Waals surface area contributed by atoms with Crippen molar-refractivity contribution in [2.24, 2.45) is 5.92 Å². The average Bonchev–Trinajstić information content (AvgIpc) is 3.15. The van der Waals surface area contributed by atoms with Crippen LogP contribution >= 0.6 is 0 Å². The van der Waals surface area contributed by atoms with Gasteiger partial charge in [-0.3, -0.25) is 4.79 Å². The summed E-state index contributed by atoms with van der Waals surface area (Å²) in [5, 5.41) is 12.0. The molecule has 0 spiro atoms. The molecule has 1 aliphatic rings. The van der Waals surface area contributed by atoms with E-state index in [0.717, 1.165) is 25.9 Å². The van der Waals surface area contributed by atoms with Gasteiger partial charge < -0.3 is 14.6 Å². The first-order valence-corrected chi connectivity index (χ1v) is 7.54. The molecule has 1 fully saturated rings.